The summed E-state index contributed by atoms with van der Waals surface area (Å²) >= 11 is 20.0. The number of nitrogens with zero attached hydrogens (tertiary/aromatic N) is 3. The molecule has 0 fully saturated rings. The zero-order chi connectivity index (χ0) is 23.5. The quantitative estimate of drug-likeness (QED) is 0.274. The van der Waals surface area contributed by atoms with Gasteiger partial charge in [-0.15, -0.1) is 10.2 Å². The van der Waals surface area contributed by atoms with Gasteiger partial charge < -0.3 is 5.32 Å². The standard InChI is InChI=1S/C24H19Cl3N4OS/c1-14-3-10-21(20(27)11-14)28-22(32)13-33-24-30-29-23(16-5-7-17(25)8-6-16)31(24)18-9-4-15(2)19(26)12-18/h3-12H,13H2,1-2H3,(H,28,32). The Hall–Kier alpha value is -2.51. The smallest absolute Gasteiger partial charge is 0.234 e. The number of amides is 1. The topological polar surface area (TPSA) is 59.8 Å². The third-order valence-corrected chi connectivity index (χ3v) is 6.78. The first kappa shape index (κ1) is 23.6. The molecule has 33 heavy (non-hydrogen) atoms. The highest BCUT2D eigenvalue weighted by molar-refractivity contribution is 7.99. The van der Waals surface area contributed by atoms with Crippen LogP contribution in [-0.4, -0.2) is 26.4 Å². The van der Waals surface area contributed by atoms with Gasteiger partial charge in [-0.25, -0.2) is 0 Å². The van der Waals surface area contributed by atoms with Crippen molar-refractivity contribution in [3.8, 4) is 17.1 Å². The van der Waals surface area contributed by atoms with Gasteiger partial charge in [-0.3, -0.25) is 9.36 Å². The van der Waals surface area contributed by atoms with Crippen LogP contribution in [0.4, 0.5) is 5.69 Å². The second-order valence-corrected chi connectivity index (χ2v) is 9.60. The summed E-state index contributed by atoms with van der Waals surface area (Å²) in [5, 5.41) is 13.9. The Morgan fingerprint density at radius 2 is 1.70 bits per heavy atom. The van der Waals surface area contributed by atoms with Crippen LogP contribution >= 0.6 is 46.6 Å². The predicted molar refractivity (Wildman–Crippen MR) is 137 cm³/mol. The first-order chi connectivity index (χ1) is 15.8. The summed E-state index contributed by atoms with van der Waals surface area (Å²) in [5.74, 6) is 0.550. The van der Waals surface area contributed by atoms with E-state index in [2.05, 4.69) is 15.5 Å². The minimum absolute atomic E-state index is 0.128. The van der Waals surface area contributed by atoms with E-state index in [1.54, 1.807) is 24.3 Å². The van der Waals surface area contributed by atoms with Crippen LogP contribution in [0.5, 0.6) is 0 Å². The number of aryl methyl sites for hydroxylation is 2. The molecule has 1 aromatic heterocycles. The number of carbonyl (C=O) groups excluding carboxylic acids is 1. The molecule has 1 heterocycles. The minimum Gasteiger partial charge on any atom is -0.324 e. The van der Waals surface area contributed by atoms with Crippen molar-refractivity contribution in [1.82, 2.24) is 14.8 Å². The lowest BCUT2D eigenvalue weighted by molar-refractivity contribution is -0.113. The van der Waals surface area contributed by atoms with E-state index in [0.717, 1.165) is 22.4 Å². The molecule has 0 aliphatic heterocycles. The van der Waals surface area contributed by atoms with Gasteiger partial charge in [0.15, 0.2) is 11.0 Å². The number of thioether (sulfide) groups is 1. The van der Waals surface area contributed by atoms with Gasteiger partial charge in [-0.1, -0.05) is 58.7 Å². The molecule has 0 bridgehead atoms. The van der Waals surface area contributed by atoms with E-state index >= 15 is 0 Å². The normalized spacial score (nSPS) is 10.9. The largest absolute Gasteiger partial charge is 0.324 e. The number of carbonyl (C=O) groups is 1. The summed E-state index contributed by atoms with van der Waals surface area (Å²) in [6, 6.07) is 18.6. The molecular formula is C24H19Cl3N4OS. The first-order valence-corrected chi connectivity index (χ1v) is 12.1. The van der Waals surface area contributed by atoms with Crippen molar-refractivity contribution in [3.63, 3.8) is 0 Å². The lowest BCUT2D eigenvalue weighted by Gasteiger charge is -2.12. The maximum absolute atomic E-state index is 12.6. The number of halogens is 3. The highest BCUT2D eigenvalue weighted by atomic mass is 35.5. The van der Waals surface area contributed by atoms with E-state index in [1.165, 1.54) is 11.8 Å². The number of hydrogen-bond acceptors (Lipinski definition) is 4. The maximum Gasteiger partial charge on any atom is 0.234 e. The Kier molecular flexibility index (Phi) is 7.29. The number of aromatic nitrogens is 3. The van der Waals surface area contributed by atoms with Crippen LogP contribution in [0.15, 0.2) is 65.8 Å². The molecule has 1 amide bonds. The fourth-order valence-electron chi connectivity index (χ4n) is 3.14. The predicted octanol–water partition coefficient (Wildman–Crippen LogP) is 7.24. The van der Waals surface area contributed by atoms with Crippen LogP contribution < -0.4 is 5.32 Å². The van der Waals surface area contributed by atoms with E-state index in [4.69, 9.17) is 34.8 Å². The van der Waals surface area contributed by atoms with Crippen LogP contribution in [0.25, 0.3) is 17.1 Å². The molecule has 0 saturated heterocycles. The van der Waals surface area contributed by atoms with Crippen molar-refractivity contribution in [2.45, 2.75) is 19.0 Å². The highest BCUT2D eigenvalue weighted by Crippen LogP contribution is 2.31. The lowest BCUT2D eigenvalue weighted by Crippen LogP contribution is -2.15. The van der Waals surface area contributed by atoms with Crippen molar-refractivity contribution in [3.05, 3.63) is 86.9 Å². The van der Waals surface area contributed by atoms with Crippen molar-refractivity contribution in [1.29, 1.82) is 0 Å². The van der Waals surface area contributed by atoms with Gasteiger partial charge in [0.25, 0.3) is 0 Å². The van der Waals surface area contributed by atoms with Crippen molar-refractivity contribution in [2.24, 2.45) is 0 Å². The Morgan fingerprint density at radius 1 is 0.939 bits per heavy atom. The van der Waals surface area contributed by atoms with Crippen LogP contribution in [0, 0.1) is 13.8 Å². The molecule has 5 nitrogen and oxygen atoms in total. The highest BCUT2D eigenvalue weighted by Gasteiger charge is 2.18. The zero-order valence-corrected chi connectivity index (χ0v) is 20.9. The van der Waals surface area contributed by atoms with Crippen LogP contribution in [-0.2, 0) is 4.79 Å². The maximum atomic E-state index is 12.6. The molecule has 0 atom stereocenters. The number of anilines is 1. The number of nitrogens with one attached hydrogen (secondary N) is 1. The average molecular weight is 518 g/mol. The SMILES string of the molecule is Cc1ccc(NC(=O)CSc2nnc(-c3ccc(Cl)cc3)n2-c2ccc(C)c(Cl)c2)c(Cl)c1. The van der Waals surface area contributed by atoms with Crippen molar-refractivity contribution < 1.29 is 4.79 Å². The van der Waals surface area contributed by atoms with Gasteiger partial charge >= 0.3 is 0 Å². The van der Waals surface area contributed by atoms with E-state index in [0.29, 0.717) is 31.7 Å². The second-order valence-electron chi connectivity index (χ2n) is 7.40. The van der Waals surface area contributed by atoms with Gasteiger partial charge in [-0.05, 0) is 73.5 Å². The lowest BCUT2D eigenvalue weighted by atomic mass is 10.2. The average Bonchev–Trinajstić information content (AvgIpc) is 3.20. The molecular weight excluding hydrogens is 499 g/mol. The number of benzene rings is 3. The van der Waals surface area contributed by atoms with Gasteiger partial charge in [0.1, 0.15) is 0 Å². The third-order valence-electron chi connectivity index (χ3n) is 4.88. The van der Waals surface area contributed by atoms with Gasteiger partial charge in [0, 0.05) is 15.6 Å². The summed E-state index contributed by atoms with van der Waals surface area (Å²) in [5.41, 5.74) is 4.19. The molecule has 168 valence electrons. The molecule has 9 heteroatoms. The fourth-order valence-corrected chi connectivity index (χ4v) is 4.48. The first-order valence-electron chi connectivity index (χ1n) is 9.98. The summed E-state index contributed by atoms with van der Waals surface area (Å²) in [7, 11) is 0. The summed E-state index contributed by atoms with van der Waals surface area (Å²) < 4.78 is 1.88. The summed E-state index contributed by atoms with van der Waals surface area (Å²) in [6.07, 6.45) is 0. The Balaban J connectivity index is 1.62. The summed E-state index contributed by atoms with van der Waals surface area (Å²) in [6.45, 7) is 3.88. The molecule has 0 spiro atoms. The minimum atomic E-state index is -0.199. The molecule has 3 aromatic carbocycles. The monoisotopic (exact) mass is 516 g/mol. The molecule has 0 radical (unpaired) electrons. The molecule has 0 unspecified atom stereocenters. The fraction of sp³-hybridized carbons (Fsp3) is 0.125. The Bertz CT molecular complexity index is 1320. The van der Waals surface area contributed by atoms with Gasteiger partial charge in [0.2, 0.25) is 5.91 Å². The Morgan fingerprint density at radius 3 is 2.39 bits per heavy atom. The van der Waals surface area contributed by atoms with E-state index in [1.807, 2.05) is 54.8 Å². The van der Waals surface area contributed by atoms with Crippen LogP contribution in [0.3, 0.4) is 0 Å². The second kappa shape index (κ2) is 10.2. The van der Waals surface area contributed by atoms with E-state index < -0.39 is 0 Å². The van der Waals surface area contributed by atoms with E-state index in [-0.39, 0.29) is 11.7 Å². The number of hydrogen-bond donors (Lipinski definition) is 1. The van der Waals surface area contributed by atoms with Crippen LogP contribution in [0.1, 0.15) is 11.1 Å². The van der Waals surface area contributed by atoms with Crippen LogP contribution in [0.2, 0.25) is 15.1 Å². The molecule has 4 aromatic rings. The molecule has 1 N–H and O–H groups in total. The zero-order valence-electron chi connectivity index (χ0n) is 17.8. The van der Waals surface area contributed by atoms with Gasteiger partial charge in [0.05, 0.1) is 22.2 Å². The summed E-state index contributed by atoms with van der Waals surface area (Å²) in [4.78, 5) is 12.6. The van der Waals surface area contributed by atoms with Gasteiger partial charge in [-0.2, -0.15) is 0 Å². The molecule has 4 rings (SSSR count). The Labute approximate surface area is 211 Å². The molecule has 0 saturated carbocycles. The van der Waals surface area contributed by atoms with E-state index in [9.17, 15) is 4.79 Å². The number of rotatable bonds is 6. The van der Waals surface area contributed by atoms with Crippen molar-refractivity contribution >= 4 is 58.2 Å². The molecule has 0 aliphatic carbocycles. The molecule has 0 aliphatic rings. The van der Waals surface area contributed by atoms with Crippen molar-refractivity contribution in [2.75, 3.05) is 11.1 Å². The third kappa shape index (κ3) is 5.53.